The lowest BCUT2D eigenvalue weighted by Gasteiger charge is -2.33. The second kappa shape index (κ2) is 11.7. The molecule has 0 unspecified atom stereocenters. The van der Waals surface area contributed by atoms with Gasteiger partial charge in [-0.15, -0.1) is 0 Å². The number of aromatic nitrogens is 1. The zero-order valence-electron chi connectivity index (χ0n) is 20.7. The Balaban J connectivity index is 1.46. The first-order valence-electron chi connectivity index (χ1n) is 12.9. The average Bonchev–Trinajstić information content (AvgIpc) is 3.72. The number of nitrogens with zero attached hydrogens (tertiary/aromatic N) is 1. The predicted molar refractivity (Wildman–Crippen MR) is 137 cm³/mol. The highest BCUT2D eigenvalue weighted by Crippen LogP contribution is 2.28. The van der Waals surface area contributed by atoms with Crippen LogP contribution < -0.4 is 5.32 Å². The van der Waals surface area contributed by atoms with Crippen molar-refractivity contribution in [2.24, 2.45) is 0 Å². The molecular formula is C29H32FN3O4. The fourth-order valence-electron chi connectivity index (χ4n) is 5.01. The van der Waals surface area contributed by atoms with Gasteiger partial charge in [-0.2, -0.15) is 0 Å². The molecule has 2 aliphatic heterocycles. The van der Waals surface area contributed by atoms with E-state index in [1.54, 1.807) is 23.1 Å². The van der Waals surface area contributed by atoms with Gasteiger partial charge < -0.3 is 24.7 Å². The summed E-state index contributed by atoms with van der Waals surface area (Å²) in [6, 6.07) is 18.1. The minimum absolute atomic E-state index is 0.0445. The van der Waals surface area contributed by atoms with E-state index in [4.69, 9.17) is 9.47 Å². The first-order valence-corrected chi connectivity index (χ1v) is 12.9. The molecule has 2 N–H and O–H groups in total. The van der Waals surface area contributed by atoms with Crippen molar-refractivity contribution in [1.29, 1.82) is 0 Å². The molecule has 1 aromatic heterocycles. The van der Waals surface area contributed by atoms with Crippen molar-refractivity contribution in [2.75, 3.05) is 26.3 Å². The van der Waals surface area contributed by atoms with Gasteiger partial charge in [0.2, 0.25) is 5.91 Å². The van der Waals surface area contributed by atoms with Crippen LogP contribution in [0.3, 0.4) is 0 Å². The van der Waals surface area contributed by atoms with Gasteiger partial charge in [0.1, 0.15) is 17.6 Å². The normalized spacial score (nSPS) is 20.0. The van der Waals surface area contributed by atoms with Crippen LogP contribution in [0, 0.1) is 5.82 Å². The maximum absolute atomic E-state index is 14.0. The monoisotopic (exact) mass is 505 g/mol. The number of benzene rings is 2. The van der Waals surface area contributed by atoms with Gasteiger partial charge in [0.15, 0.2) is 0 Å². The molecule has 0 bridgehead atoms. The lowest BCUT2D eigenvalue weighted by atomic mass is 10.0. The molecule has 0 aliphatic carbocycles. The fourth-order valence-corrected chi connectivity index (χ4v) is 5.01. The lowest BCUT2D eigenvalue weighted by Crippen LogP contribution is -2.48. The highest BCUT2D eigenvalue weighted by Gasteiger charge is 2.35. The summed E-state index contributed by atoms with van der Waals surface area (Å²) < 4.78 is 25.3. The molecule has 3 atom stereocenters. The molecule has 3 heterocycles. The van der Waals surface area contributed by atoms with Crippen LogP contribution in [-0.2, 0) is 14.3 Å². The zero-order valence-corrected chi connectivity index (χ0v) is 20.7. The van der Waals surface area contributed by atoms with Crippen molar-refractivity contribution >= 4 is 11.8 Å². The number of hydrogen-bond donors (Lipinski definition) is 2. The maximum Gasteiger partial charge on any atom is 0.271 e. The summed E-state index contributed by atoms with van der Waals surface area (Å²) in [5.74, 6) is -1.06. The lowest BCUT2D eigenvalue weighted by molar-refractivity contribution is -0.126. The number of ether oxygens (including phenoxy) is 2. The van der Waals surface area contributed by atoms with Crippen molar-refractivity contribution in [3.05, 3.63) is 83.8 Å². The van der Waals surface area contributed by atoms with E-state index in [2.05, 4.69) is 10.3 Å². The molecule has 2 saturated heterocycles. The Labute approximate surface area is 216 Å². The van der Waals surface area contributed by atoms with Crippen molar-refractivity contribution < 1.29 is 23.5 Å². The number of carbonyl (C=O) groups is 2. The summed E-state index contributed by atoms with van der Waals surface area (Å²) in [6.07, 6.45) is 3.32. The van der Waals surface area contributed by atoms with E-state index in [1.807, 2.05) is 36.4 Å². The largest absolute Gasteiger partial charge is 0.376 e. The zero-order chi connectivity index (χ0) is 25.6. The number of hydrogen-bond acceptors (Lipinski definition) is 4. The SMILES string of the molecule is O=C(NC[C@@H]1CCCO1)[C@H](c1ccc(F)cc1)N(C[C@H]1CCCO1)C(=O)c1ccc(-c2ccccc2)[nH]1. The minimum Gasteiger partial charge on any atom is -0.376 e. The van der Waals surface area contributed by atoms with Gasteiger partial charge in [-0.3, -0.25) is 9.59 Å². The van der Waals surface area contributed by atoms with Gasteiger partial charge >= 0.3 is 0 Å². The van der Waals surface area contributed by atoms with Crippen molar-refractivity contribution in [1.82, 2.24) is 15.2 Å². The first-order chi connectivity index (χ1) is 18.1. The molecule has 2 amide bonds. The topological polar surface area (TPSA) is 83.7 Å². The maximum atomic E-state index is 14.0. The second-order valence-corrected chi connectivity index (χ2v) is 9.58. The highest BCUT2D eigenvalue weighted by atomic mass is 19.1. The van der Waals surface area contributed by atoms with E-state index in [1.165, 1.54) is 12.1 Å². The Morgan fingerprint density at radius 1 is 0.946 bits per heavy atom. The van der Waals surface area contributed by atoms with Crippen molar-refractivity contribution in [3.8, 4) is 11.3 Å². The van der Waals surface area contributed by atoms with Crippen molar-refractivity contribution in [3.63, 3.8) is 0 Å². The number of rotatable bonds is 9. The molecule has 0 radical (unpaired) electrons. The third-order valence-corrected chi connectivity index (χ3v) is 6.96. The van der Waals surface area contributed by atoms with Crippen LogP contribution in [0.15, 0.2) is 66.7 Å². The van der Waals surface area contributed by atoms with Gasteiger partial charge in [0.25, 0.3) is 5.91 Å². The molecular weight excluding hydrogens is 473 g/mol. The molecule has 7 nitrogen and oxygen atoms in total. The van der Waals surface area contributed by atoms with Crippen LogP contribution in [0.1, 0.15) is 47.8 Å². The number of carbonyl (C=O) groups excluding carboxylic acids is 2. The third kappa shape index (κ3) is 6.09. The van der Waals surface area contributed by atoms with E-state index >= 15 is 0 Å². The van der Waals surface area contributed by atoms with Crippen LogP contribution in [-0.4, -0.2) is 60.2 Å². The number of halogens is 1. The summed E-state index contributed by atoms with van der Waals surface area (Å²) >= 11 is 0. The molecule has 194 valence electrons. The summed E-state index contributed by atoms with van der Waals surface area (Å²) in [4.78, 5) is 32.4. The fraction of sp³-hybridized carbons (Fsp3) is 0.379. The van der Waals surface area contributed by atoms with Gasteiger partial charge in [-0.05, 0) is 61.1 Å². The van der Waals surface area contributed by atoms with E-state index < -0.39 is 11.9 Å². The Bertz CT molecular complexity index is 1190. The molecule has 0 spiro atoms. The van der Waals surface area contributed by atoms with E-state index in [0.29, 0.717) is 31.0 Å². The third-order valence-electron chi connectivity index (χ3n) is 6.96. The number of aromatic amines is 1. The van der Waals surface area contributed by atoms with Crippen LogP contribution in [0.2, 0.25) is 0 Å². The Hall–Kier alpha value is -3.49. The highest BCUT2D eigenvalue weighted by molar-refractivity contribution is 5.97. The summed E-state index contributed by atoms with van der Waals surface area (Å²) in [6.45, 7) is 1.91. The molecule has 2 aromatic carbocycles. The predicted octanol–water partition coefficient (Wildman–Crippen LogP) is 4.48. The standard InChI is InChI=1S/C29H32FN3O4/c30-22-12-10-21(11-13-22)27(28(34)31-18-23-8-4-16-36-23)33(19-24-9-5-17-37-24)29(35)26-15-14-25(32-26)20-6-2-1-3-7-20/h1-3,6-7,10-15,23-24,27,32H,4-5,8-9,16-19H2,(H,31,34)/t23-,24+,27-/m0/s1. The smallest absolute Gasteiger partial charge is 0.271 e. The molecule has 37 heavy (non-hydrogen) atoms. The van der Waals surface area contributed by atoms with E-state index in [-0.39, 0.29) is 30.6 Å². The van der Waals surface area contributed by atoms with Gasteiger partial charge in [-0.1, -0.05) is 42.5 Å². The Kier molecular flexibility index (Phi) is 7.96. The summed E-state index contributed by atoms with van der Waals surface area (Å²) in [7, 11) is 0. The Morgan fingerprint density at radius 3 is 2.32 bits per heavy atom. The minimum atomic E-state index is -0.956. The van der Waals surface area contributed by atoms with Crippen LogP contribution in [0.4, 0.5) is 4.39 Å². The van der Waals surface area contributed by atoms with E-state index in [9.17, 15) is 14.0 Å². The first kappa shape index (κ1) is 25.2. The average molecular weight is 506 g/mol. The molecule has 0 saturated carbocycles. The number of H-pyrrole nitrogens is 1. The van der Waals surface area contributed by atoms with Gasteiger partial charge in [0.05, 0.1) is 12.2 Å². The number of amides is 2. The Morgan fingerprint density at radius 2 is 1.65 bits per heavy atom. The van der Waals surface area contributed by atoms with E-state index in [0.717, 1.165) is 36.9 Å². The van der Waals surface area contributed by atoms with Crippen LogP contribution >= 0.6 is 0 Å². The van der Waals surface area contributed by atoms with Gasteiger partial charge in [0, 0.05) is 32.0 Å². The number of nitrogens with one attached hydrogen (secondary N) is 2. The molecule has 2 aliphatic rings. The van der Waals surface area contributed by atoms with Crippen LogP contribution in [0.5, 0.6) is 0 Å². The van der Waals surface area contributed by atoms with Gasteiger partial charge in [-0.25, -0.2) is 4.39 Å². The van der Waals surface area contributed by atoms with Crippen molar-refractivity contribution in [2.45, 2.75) is 43.9 Å². The molecule has 2 fully saturated rings. The summed E-state index contributed by atoms with van der Waals surface area (Å²) in [5.41, 5.74) is 2.67. The molecule has 8 heteroatoms. The molecule has 3 aromatic rings. The quantitative estimate of drug-likeness (QED) is 0.449. The second-order valence-electron chi connectivity index (χ2n) is 9.58. The summed E-state index contributed by atoms with van der Waals surface area (Å²) in [5, 5.41) is 2.98. The van der Waals surface area contributed by atoms with Crippen LogP contribution in [0.25, 0.3) is 11.3 Å². The molecule has 5 rings (SSSR count).